The van der Waals surface area contributed by atoms with Crippen LogP contribution in [0.5, 0.6) is 0 Å². The summed E-state index contributed by atoms with van der Waals surface area (Å²) < 4.78 is 0. The highest BCUT2D eigenvalue weighted by atomic mass is 32.1. The van der Waals surface area contributed by atoms with Gasteiger partial charge in [-0.15, -0.1) is 11.3 Å². The topological polar surface area (TPSA) is 51.8 Å². The lowest BCUT2D eigenvalue weighted by Gasteiger charge is -2.24. The third kappa shape index (κ3) is 2.70. The first-order valence-electron chi connectivity index (χ1n) is 5.60. The van der Waals surface area contributed by atoms with Gasteiger partial charge in [-0.1, -0.05) is 20.8 Å². The number of nitrogens with two attached hydrogens (primary N) is 1. The minimum Gasteiger partial charge on any atom is -0.322 e. The van der Waals surface area contributed by atoms with Crippen LogP contribution in [-0.4, -0.2) is 9.97 Å². The zero-order valence-corrected chi connectivity index (χ0v) is 11.2. The summed E-state index contributed by atoms with van der Waals surface area (Å²) in [5, 5.41) is 3.04. The molecule has 2 aromatic heterocycles. The van der Waals surface area contributed by atoms with Crippen molar-refractivity contribution in [3.05, 3.63) is 34.9 Å². The molecule has 0 saturated carbocycles. The van der Waals surface area contributed by atoms with E-state index in [0.29, 0.717) is 0 Å². The van der Waals surface area contributed by atoms with Gasteiger partial charge >= 0.3 is 0 Å². The third-order valence-corrected chi connectivity index (χ3v) is 3.62. The maximum absolute atomic E-state index is 6.20. The molecule has 0 aliphatic rings. The van der Waals surface area contributed by atoms with E-state index < -0.39 is 0 Å². The Balaban J connectivity index is 2.28. The monoisotopic (exact) mass is 247 g/mol. The molecule has 90 valence electrons. The van der Waals surface area contributed by atoms with Gasteiger partial charge in [0.15, 0.2) is 0 Å². The summed E-state index contributed by atoms with van der Waals surface area (Å²) in [5.74, 6) is 0. The Labute approximate surface area is 106 Å². The SMILES string of the molecule is CC(C)(C)C(N)c1nc(-c2ccncc2)cs1. The van der Waals surface area contributed by atoms with Crippen molar-refractivity contribution in [1.82, 2.24) is 9.97 Å². The highest BCUT2D eigenvalue weighted by Gasteiger charge is 2.25. The van der Waals surface area contributed by atoms with Gasteiger partial charge in [-0.2, -0.15) is 0 Å². The fourth-order valence-corrected chi connectivity index (χ4v) is 2.53. The second kappa shape index (κ2) is 4.55. The first-order valence-corrected chi connectivity index (χ1v) is 6.48. The first kappa shape index (κ1) is 12.2. The second-order valence-corrected chi connectivity index (χ2v) is 6.04. The smallest absolute Gasteiger partial charge is 0.111 e. The van der Waals surface area contributed by atoms with Crippen LogP contribution in [0.25, 0.3) is 11.3 Å². The maximum atomic E-state index is 6.20. The van der Waals surface area contributed by atoms with Crippen molar-refractivity contribution in [2.45, 2.75) is 26.8 Å². The summed E-state index contributed by atoms with van der Waals surface area (Å²) in [5.41, 5.74) is 8.30. The highest BCUT2D eigenvalue weighted by molar-refractivity contribution is 7.10. The van der Waals surface area contributed by atoms with E-state index in [4.69, 9.17) is 5.73 Å². The highest BCUT2D eigenvalue weighted by Crippen LogP contribution is 2.33. The molecule has 1 unspecified atom stereocenters. The minimum absolute atomic E-state index is 0.0249. The minimum atomic E-state index is -0.0249. The van der Waals surface area contributed by atoms with E-state index in [1.807, 2.05) is 12.1 Å². The molecule has 2 aromatic rings. The molecule has 2 heterocycles. The van der Waals surface area contributed by atoms with Crippen LogP contribution in [0, 0.1) is 5.41 Å². The van der Waals surface area contributed by atoms with Gasteiger partial charge in [0.1, 0.15) is 5.01 Å². The van der Waals surface area contributed by atoms with E-state index in [1.165, 1.54) is 0 Å². The molecule has 1 atom stereocenters. The zero-order chi connectivity index (χ0) is 12.5. The van der Waals surface area contributed by atoms with Gasteiger partial charge < -0.3 is 5.73 Å². The number of pyridine rings is 1. The average molecular weight is 247 g/mol. The second-order valence-electron chi connectivity index (χ2n) is 5.15. The standard InChI is InChI=1S/C13H17N3S/c1-13(2,3)11(14)12-16-10(8-17-12)9-4-6-15-7-5-9/h4-8,11H,14H2,1-3H3. The molecule has 0 aliphatic carbocycles. The van der Waals surface area contributed by atoms with E-state index >= 15 is 0 Å². The molecule has 0 fully saturated rings. The van der Waals surface area contributed by atoms with Gasteiger partial charge in [0.2, 0.25) is 0 Å². The average Bonchev–Trinajstić information content (AvgIpc) is 2.77. The van der Waals surface area contributed by atoms with Crippen molar-refractivity contribution in [1.29, 1.82) is 0 Å². The molecule has 3 nitrogen and oxygen atoms in total. The number of aromatic nitrogens is 2. The molecule has 2 N–H and O–H groups in total. The number of nitrogens with zero attached hydrogens (tertiary/aromatic N) is 2. The number of thiazole rings is 1. The molecule has 4 heteroatoms. The summed E-state index contributed by atoms with van der Waals surface area (Å²) in [6, 6.07) is 3.89. The van der Waals surface area contributed by atoms with E-state index in [9.17, 15) is 0 Å². The predicted molar refractivity (Wildman–Crippen MR) is 71.7 cm³/mol. The van der Waals surface area contributed by atoms with Gasteiger partial charge in [-0.05, 0) is 17.5 Å². The lowest BCUT2D eigenvalue weighted by molar-refractivity contribution is 0.326. The molecule has 0 bridgehead atoms. The van der Waals surface area contributed by atoms with Crippen LogP contribution in [-0.2, 0) is 0 Å². The zero-order valence-electron chi connectivity index (χ0n) is 10.3. The summed E-state index contributed by atoms with van der Waals surface area (Å²) in [6.45, 7) is 6.39. The Hall–Kier alpha value is -1.26. The summed E-state index contributed by atoms with van der Waals surface area (Å²) in [4.78, 5) is 8.62. The molecule has 0 spiro atoms. The van der Waals surface area contributed by atoms with Crippen molar-refractivity contribution in [3.63, 3.8) is 0 Å². The molecular formula is C13H17N3S. The molecule has 0 radical (unpaired) electrons. The van der Waals surface area contributed by atoms with Crippen LogP contribution in [0.4, 0.5) is 0 Å². The first-order chi connectivity index (χ1) is 7.98. The molecule has 0 aromatic carbocycles. The van der Waals surface area contributed by atoms with Gasteiger partial charge in [0.05, 0.1) is 11.7 Å². The number of rotatable bonds is 2. The van der Waals surface area contributed by atoms with E-state index in [2.05, 4.69) is 36.1 Å². The van der Waals surface area contributed by atoms with Crippen LogP contribution < -0.4 is 5.73 Å². The number of hydrogen-bond acceptors (Lipinski definition) is 4. The van der Waals surface area contributed by atoms with Crippen LogP contribution in [0.3, 0.4) is 0 Å². The van der Waals surface area contributed by atoms with E-state index in [-0.39, 0.29) is 11.5 Å². The Kier molecular flexibility index (Phi) is 3.26. The molecular weight excluding hydrogens is 230 g/mol. The Morgan fingerprint density at radius 2 is 1.88 bits per heavy atom. The molecule has 0 amide bonds. The maximum Gasteiger partial charge on any atom is 0.111 e. The van der Waals surface area contributed by atoms with E-state index in [1.54, 1.807) is 23.7 Å². The van der Waals surface area contributed by atoms with Crippen molar-refractivity contribution in [3.8, 4) is 11.3 Å². The van der Waals surface area contributed by atoms with Crippen LogP contribution >= 0.6 is 11.3 Å². The quantitative estimate of drug-likeness (QED) is 0.886. The van der Waals surface area contributed by atoms with Gasteiger partial charge in [0, 0.05) is 23.3 Å². The van der Waals surface area contributed by atoms with Crippen LogP contribution in [0.2, 0.25) is 0 Å². The molecule has 2 rings (SSSR count). The summed E-state index contributed by atoms with van der Waals surface area (Å²) >= 11 is 1.62. The number of hydrogen-bond donors (Lipinski definition) is 1. The van der Waals surface area contributed by atoms with Gasteiger partial charge in [0.25, 0.3) is 0 Å². The third-order valence-electron chi connectivity index (χ3n) is 2.70. The normalized spacial score (nSPS) is 13.6. The molecule has 0 saturated heterocycles. The van der Waals surface area contributed by atoms with Crippen molar-refractivity contribution < 1.29 is 0 Å². The van der Waals surface area contributed by atoms with Crippen LogP contribution in [0.1, 0.15) is 31.8 Å². The lowest BCUT2D eigenvalue weighted by Crippen LogP contribution is -2.26. The fourth-order valence-electron chi connectivity index (χ4n) is 1.46. The van der Waals surface area contributed by atoms with E-state index in [0.717, 1.165) is 16.3 Å². The largest absolute Gasteiger partial charge is 0.322 e. The summed E-state index contributed by atoms with van der Waals surface area (Å²) in [6.07, 6.45) is 3.55. The van der Waals surface area contributed by atoms with Crippen molar-refractivity contribution >= 4 is 11.3 Å². The predicted octanol–water partition coefficient (Wildman–Crippen LogP) is 3.25. The van der Waals surface area contributed by atoms with Gasteiger partial charge in [-0.25, -0.2) is 4.98 Å². The summed E-state index contributed by atoms with van der Waals surface area (Å²) in [7, 11) is 0. The van der Waals surface area contributed by atoms with Crippen LogP contribution in [0.15, 0.2) is 29.9 Å². The van der Waals surface area contributed by atoms with Gasteiger partial charge in [-0.3, -0.25) is 4.98 Å². The van der Waals surface area contributed by atoms with Crippen molar-refractivity contribution in [2.24, 2.45) is 11.1 Å². The Morgan fingerprint density at radius 3 is 2.47 bits per heavy atom. The Morgan fingerprint density at radius 1 is 1.24 bits per heavy atom. The molecule has 17 heavy (non-hydrogen) atoms. The Bertz CT molecular complexity index is 485. The molecule has 0 aliphatic heterocycles. The lowest BCUT2D eigenvalue weighted by atomic mass is 9.88. The fraction of sp³-hybridized carbons (Fsp3) is 0.385. The van der Waals surface area contributed by atoms with Crippen molar-refractivity contribution in [2.75, 3.05) is 0 Å².